The number of rotatable bonds is 4. The Morgan fingerprint density at radius 1 is 1.08 bits per heavy atom. The normalized spacial score (nSPS) is 22.2. The van der Waals surface area contributed by atoms with Crippen molar-refractivity contribution in [2.75, 3.05) is 26.2 Å². The second-order valence-electron chi connectivity index (χ2n) is 3.38. The van der Waals surface area contributed by atoms with Crippen molar-refractivity contribution in [3.05, 3.63) is 0 Å². The number of alkyl halides is 1. The molecule has 0 aromatic heterocycles. The highest BCUT2D eigenvalue weighted by Gasteiger charge is 2.28. The van der Waals surface area contributed by atoms with Crippen LogP contribution in [-0.2, 0) is 0 Å². The number of hydrogen-bond acceptors (Lipinski definition) is 2. The SMILES string of the molecule is CCCN1CCN(CCC)C1Cl. The predicted molar refractivity (Wildman–Crippen MR) is 53.4 cm³/mol. The highest BCUT2D eigenvalue weighted by molar-refractivity contribution is 6.20. The molecule has 3 heteroatoms. The van der Waals surface area contributed by atoms with Crippen LogP contribution in [0, 0.1) is 0 Å². The van der Waals surface area contributed by atoms with Gasteiger partial charge in [-0.2, -0.15) is 0 Å². The van der Waals surface area contributed by atoms with E-state index in [1.165, 1.54) is 12.8 Å². The van der Waals surface area contributed by atoms with Crippen molar-refractivity contribution in [3.63, 3.8) is 0 Å². The van der Waals surface area contributed by atoms with Gasteiger partial charge in [-0.05, 0) is 12.8 Å². The van der Waals surface area contributed by atoms with Crippen molar-refractivity contribution in [3.8, 4) is 0 Å². The lowest BCUT2D eigenvalue weighted by molar-refractivity contribution is 0.208. The molecule has 1 aliphatic heterocycles. The molecule has 0 unspecified atom stereocenters. The second-order valence-corrected chi connectivity index (χ2v) is 3.77. The fourth-order valence-corrected chi connectivity index (χ4v) is 2.10. The maximum Gasteiger partial charge on any atom is 0.140 e. The Morgan fingerprint density at radius 3 is 1.83 bits per heavy atom. The quantitative estimate of drug-likeness (QED) is 0.494. The molecule has 1 saturated heterocycles. The van der Waals surface area contributed by atoms with Crippen LogP contribution in [0.25, 0.3) is 0 Å². The zero-order valence-electron chi connectivity index (χ0n) is 8.09. The molecule has 1 heterocycles. The van der Waals surface area contributed by atoms with E-state index >= 15 is 0 Å². The monoisotopic (exact) mass is 190 g/mol. The van der Waals surface area contributed by atoms with E-state index in [1.54, 1.807) is 0 Å². The fraction of sp³-hybridized carbons (Fsp3) is 1.00. The number of halogens is 1. The van der Waals surface area contributed by atoms with Gasteiger partial charge in [0.05, 0.1) is 0 Å². The van der Waals surface area contributed by atoms with E-state index in [-0.39, 0.29) is 5.62 Å². The van der Waals surface area contributed by atoms with Gasteiger partial charge in [0.1, 0.15) is 5.62 Å². The summed E-state index contributed by atoms with van der Waals surface area (Å²) in [7, 11) is 0. The molecule has 0 aromatic carbocycles. The first kappa shape index (κ1) is 10.3. The molecule has 72 valence electrons. The molecule has 12 heavy (non-hydrogen) atoms. The smallest absolute Gasteiger partial charge is 0.140 e. The van der Waals surface area contributed by atoms with Gasteiger partial charge in [-0.25, -0.2) is 0 Å². The minimum absolute atomic E-state index is 0.157. The molecule has 0 saturated carbocycles. The molecule has 1 rings (SSSR count). The Morgan fingerprint density at radius 2 is 1.50 bits per heavy atom. The van der Waals surface area contributed by atoms with Crippen molar-refractivity contribution >= 4 is 11.6 Å². The van der Waals surface area contributed by atoms with E-state index in [1.807, 2.05) is 0 Å². The van der Waals surface area contributed by atoms with Crippen LogP contribution >= 0.6 is 11.6 Å². The Bertz CT molecular complexity index is 116. The lowest BCUT2D eigenvalue weighted by Crippen LogP contribution is -2.34. The summed E-state index contributed by atoms with van der Waals surface area (Å²) in [6.07, 6.45) is 2.40. The van der Waals surface area contributed by atoms with E-state index in [9.17, 15) is 0 Å². The van der Waals surface area contributed by atoms with Gasteiger partial charge in [-0.1, -0.05) is 25.4 Å². The summed E-state index contributed by atoms with van der Waals surface area (Å²) in [4.78, 5) is 4.69. The summed E-state index contributed by atoms with van der Waals surface area (Å²) in [5.41, 5.74) is 0.157. The molecule has 1 fully saturated rings. The van der Waals surface area contributed by atoms with Crippen LogP contribution in [0.4, 0.5) is 0 Å². The average molecular weight is 191 g/mol. The molecular formula is C9H19ClN2. The molecule has 0 spiro atoms. The van der Waals surface area contributed by atoms with Crippen LogP contribution < -0.4 is 0 Å². The van der Waals surface area contributed by atoms with Crippen LogP contribution in [0.2, 0.25) is 0 Å². The van der Waals surface area contributed by atoms with Crippen molar-refractivity contribution in [2.24, 2.45) is 0 Å². The van der Waals surface area contributed by atoms with E-state index in [0.717, 1.165) is 26.2 Å². The summed E-state index contributed by atoms with van der Waals surface area (Å²) >= 11 is 6.25. The van der Waals surface area contributed by atoms with Crippen LogP contribution in [0.1, 0.15) is 26.7 Å². The Kier molecular flexibility index (Phi) is 4.33. The molecule has 0 amide bonds. The third-order valence-electron chi connectivity index (χ3n) is 2.30. The largest absolute Gasteiger partial charge is 0.274 e. The third-order valence-corrected chi connectivity index (χ3v) is 2.85. The van der Waals surface area contributed by atoms with Crippen LogP contribution in [0.15, 0.2) is 0 Å². The highest BCUT2D eigenvalue weighted by Crippen LogP contribution is 2.18. The van der Waals surface area contributed by atoms with Gasteiger partial charge >= 0.3 is 0 Å². The third kappa shape index (κ3) is 2.35. The average Bonchev–Trinajstić information content (AvgIpc) is 2.38. The van der Waals surface area contributed by atoms with Crippen LogP contribution in [0.3, 0.4) is 0 Å². The van der Waals surface area contributed by atoms with Gasteiger partial charge in [0.25, 0.3) is 0 Å². The first-order chi connectivity index (χ1) is 5.79. The van der Waals surface area contributed by atoms with Crippen LogP contribution in [0.5, 0.6) is 0 Å². The first-order valence-corrected chi connectivity index (χ1v) is 5.35. The van der Waals surface area contributed by atoms with Crippen molar-refractivity contribution in [1.82, 2.24) is 9.80 Å². The van der Waals surface area contributed by atoms with Gasteiger partial charge in [0.2, 0.25) is 0 Å². The standard InChI is InChI=1S/C9H19ClN2/c1-3-5-11-7-8-12(6-4-2)9(11)10/h9H,3-8H2,1-2H3. The summed E-state index contributed by atoms with van der Waals surface area (Å²) < 4.78 is 0. The zero-order valence-corrected chi connectivity index (χ0v) is 8.85. The molecular weight excluding hydrogens is 172 g/mol. The van der Waals surface area contributed by atoms with Crippen molar-refractivity contribution in [2.45, 2.75) is 32.3 Å². The molecule has 0 bridgehead atoms. The molecule has 0 aromatic rings. The summed E-state index contributed by atoms with van der Waals surface area (Å²) in [6, 6.07) is 0. The van der Waals surface area contributed by atoms with Crippen molar-refractivity contribution in [1.29, 1.82) is 0 Å². The summed E-state index contributed by atoms with van der Waals surface area (Å²) in [5.74, 6) is 0. The molecule has 0 radical (unpaired) electrons. The van der Waals surface area contributed by atoms with E-state index in [4.69, 9.17) is 11.6 Å². The second kappa shape index (κ2) is 5.05. The Balaban J connectivity index is 2.32. The first-order valence-electron chi connectivity index (χ1n) is 4.91. The highest BCUT2D eigenvalue weighted by atomic mass is 35.5. The Hall–Kier alpha value is 0.210. The molecule has 0 aliphatic carbocycles. The summed E-state index contributed by atoms with van der Waals surface area (Å²) in [6.45, 7) is 8.95. The minimum Gasteiger partial charge on any atom is -0.274 e. The molecule has 0 atom stereocenters. The maximum absolute atomic E-state index is 6.25. The van der Waals surface area contributed by atoms with Gasteiger partial charge in [-0.3, -0.25) is 9.80 Å². The Labute approximate surface area is 80.5 Å². The van der Waals surface area contributed by atoms with E-state index in [2.05, 4.69) is 23.6 Å². The number of hydrogen-bond donors (Lipinski definition) is 0. The van der Waals surface area contributed by atoms with E-state index in [0.29, 0.717) is 0 Å². The lowest BCUT2D eigenvalue weighted by Gasteiger charge is -2.23. The van der Waals surface area contributed by atoms with Gasteiger partial charge < -0.3 is 0 Å². The molecule has 1 aliphatic rings. The number of nitrogens with zero attached hydrogens (tertiary/aromatic N) is 2. The predicted octanol–water partition coefficient (Wildman–Crippen LogP) is 1.95. The minimum atomic E-state index is 0.157. The maximum atomic E-state index is 6.25. The lowest BCUT2D eigenvalue weighted by atomic mass is 10.4. The van der Waals surface area contributed by atoms with Crippen molar-refractivity contribution < 1.29 is 0 Å². The molecule has 2 nitrogen and oxygen atoms in total. The van der Waals surface area contributed by atoms with Crippen LogP contribution in [-0.4, -0.2) is 41.6 Å². The van der Waals surface area contributed by atoms with Gasteiger partial charge in [0.15, 0.2) is 0 Å². The fourth-order valence-electron chi connectivity index (χ4n) is 1.71. The topological polar surface area (TPSA) is 6.48 Å². The van der Waals surface area contributed by atoms with Gasteiger partial charge in [-0.15, -0.1) is 0 Å². The molecule has 0 N–H and O–H groups in total. The zero-order chi connectivity index (χ0) is 8.97. The van der Waals surface area contributed by atoms with E-state index < -0.39 is 0 Å². The summed E-state index contributed by atoms with van der Waals surface area (Å²) in [5, 5.41) is 0. The van der Waals surface area contributed by atoms with Gasteiger partial charge in [0, 0.05) is 26.2 Å².